The molecule has 0 spiro atoms. The highest BCUT2D eigenvalue weighted by Crippen LogP contribution is 2.46. The van der Waals surface area contributed by atoms with Crippen LogP contribution < -0.4 is 0 Å². The van der Waals surface area contributed by atoms with Gasteiger partial charge in [-0.3, -0.25) is 9.36 Å². The zero-order valence-electron chi connectivity index (χ0n) is 11.7. The smallest absolute Gasteiger partial charge is 0.337 e. The molecule has 0 bridgehead atoms. The molecule has 2 unspecified atom stereocenters. The van der Waals surface area contributed by atoms with Gasteiger partial charge >= 0.3 is 7.60 Å². The molecule has 0 saturated carbocycles. The van der Waals surface area contributed by atoms with Gasteiger partial charge in [-0.15, -0.1) is 0 Å². The van der Waals surface area contributed by atoms with Crippen LogP contribution in [0.25, 0.3) is 0 Å². The largest absolute Gasteiger partial charge is 0.396 e. The number of hydrogen-bond donors (Lipinski definition) is 1. The molecule has 18 heavy (non-hydrogen) atoms. The first-order valence-corrected chi connectivity index (χ1v) is 7.97. The van der Waals surface area contributed by atoms with Gasteiger partial charge in [-0.05, 0) is 18.8 Å². The van der Waals surface area contributed by atoms with Gasteiger partial charge in [-0.1, -0.05) is 20.3 Å². The Kier molecular flexibility index (Phi) is 8.70. The van der Waals surface area contributed by atoms with E-state index in [1.54, 1.807) is 0 Å². The molecule has 108 valence electrons. The summed E-state index contributed by atoms with van der Waals surface area (Å²) in [6.45, 7) is 4.00. The van der Waals surface area contributed by atoms with Gasteiger partial charge in [0, 0.05) is 26.7 Å². The predicted octanol–water partition coefficient (Wildman–Crippen LogP) is 2.48. The van der Waals surface area contributed by atoms with E-state index in [1.807, 2.05) is 13.8 Å². The molecule has 0 saturated heterocycles. The molecule has 0 amide bonds. The van der Waals surface area contributed by atoms with Crippen molar-refractivity contribution in [3.05, 3.63) is 0 Å². The summed E-state index contributed by atoms with van der Waals surface area (Å²) in [6.07, 6.45) is 2.34. The van der Waals surface area contributed by atoms with E-state index < -0.39 is 7.60 Å². The van der Waals surface area contributed by atoms with Crippen LogP contribution in [0.15, 0.2) is 0 Å². The summed E-state index contributed by atoms with van der Waals surface area (Å²) in [5, 5.41) is 8.71. The van der Waals surface area contributed by atoms with E-state index in [4.69, 9.17) is 14.2 Å². The number of aliphatic hydroxyl groups is 1. The first kappa shape index (κ1) is 17.8. The Morgan fingerprint density at radius 3 is 2.22 bits per heavy atom. The van der Waals surface area contributed by atoms with E-state index in [1.165, 1.54) is 14.2 Å². The van der Waals surface area contributed by atoms with E-state index in [9.17, 15) is 9.36 Å². The average Bonchev–Trinajstić information content (AvgIpc) is 2.37. The van der Waals surface area contributed by atoms with Gasteiger partial charge in [0.15, 0.2) is 0 Å². The second kappa shape index (κ2) is 8.81. The minimum Gasteiger partial charge on any atom is -0.396 e. The number of rotatable bonds is 10. The Hall–Kier alpha value is -0.220. The Morgan fingerprint density at radius 2 is 1.78 bits per heavy atom. The second-order valence-corrected chi connectivity index (χ2v) is 6.85. The normalized spacial score (nSPS) is 15.4. The van der Waals surface area contributed by atoms with Crippen molar-refractivity contribution in [1.29, 1.82) is 0 Å². The summed E-state index contributed by atoms with van der Waals surface area (Å²) >= 11 is 0. The molecular weight excluding hydrogens is 255 g/mol. The van der Waals surface area contributed by atoms with Gasteiger partial charge < -0.3 is 14.2 Å². The zero-order valence-corrected chi connectivity index (χ0v) is 12.6. The third-order valence-corrected chi connectivity index (χ3v) is 5.15. The summed E-state index contributed by atoms with van der Waals surface area (Å²) in [7, 11) is -0.683. The molecule has 0 aromatic heterocycles. The average molecular weight is 280 g/mol. The van der Waals surface area contributed by atoms with E-state index in [0.717, 1.165) is 19.3 Å². The summed E-state index contributed by atoms with van der Waals surface area (Å²) in [5.41, 5.74) is 0. The van der Waals surface area contributed by atoms with Crippen molar-refractivity contribution in [1.82, 2.24) is 0 Å². The maximum absolute atomic E-state index is 12.0. The minimum atomic E-state index is -3.25. The highest BCUT2D eigenvalue weighted by molar-refractivity contribution is 7.54. The van der Waals surface area contributed by atoms with Crippen LogP contribution in [0.4, 0.5) is 0 Å². The molecule has 6 heteroatoms. The van der Waals surface area contributed by atoms with Crippen molar-refractivity contribution in [3.63, 3.8) is 0 Å². The van der Waals surface area contributed by atoms with E-state index in [-0.39, 0.29) is 30.4 Å². The SMILES string of the molecule is COP(=O)(CC(=O)C(C)C(C)CCCCO)OC. The molecule has 0 heterocycles. The lowest BCUT2D eigenvalue weighted by Crippen LogP contribution is -2.22. The van der Waals surface area contributed by atoms with Crippen LogP contribution in [-0.2, 0) is 18.4 Å². The summed E-state index contributed by atoms with van der Waals surface area (Å²) in [5.74, 6) is -0.0768. The van der Waals surface area contributed by atoms with Gasteiger partial charge in [0.25, 0.3) is 0 Å². The fourth-order valence-corrected chi connectivity index (χ4v) is 2.76. The number of unbranched alkanes of at least 4 members (excludes halogenated alkanes) is 1. The van der Waals surface area contributed by atoms with Gasteiger partial charge in [0.05, 0.1) is 0 Å². The lowest BCUT2D eigenvalue weighted by atomic mass is 9.88. The summed E-state index contributed by atoms with van der Waals surface area (Å²) < 4.78 is 21.4. The highest BCUT2D eigenvalue weighted by Gasteiger charge is 2.30. The van der Waals surface area contributed by atoms with Crippen LogP contribution in [0, 0.1) is 11.8 Å². The standard InChI is InChI=1S/C12H25O5P/c1-10(7-5-6-8-13)11(2)12(14)9-18(15,16-3)17-4/h10-11,13H,5-9H2,1-4H3. The van der Waals surface area contributed by atoms with Gasteiger partial charge in [-0.25, -0.2) is 0 Å². The molecule has 2 atom stereocenters. The number of ketones is 1. The fourth-order valence-electron chi connectivity index (χ4n) is 1.68. The number of carbonyl (C=O) groups excluding carboxylic acids is 1. The zero-order chi connectivity index (χ0) is 14.2. The van der Waals surface area contributed by atoms with Crippen LogP contribution in [-0.4, -0.2) is 37.9 Å². The molecule has 0 aliphatic rings. The lowest BCUT2D eigenvalue weighted by molar-refractivity contribution is -0.121. The Morgan fingerprint density at radius 1 is 1.22 bits per heavy atom. The van der Waals surface area contributed by atoms with Crippen molar-refractivity contribution in [3.8, 4) is 0 Å². The maximum atomic E-state index is 12.0. The summed E-state index contributed by atoms with van der Waals surface area (Å²) in [6, 6.07) is 0. The topological polar surface area (TPSA) is 72.8 Å². The quantitative estimate of drug-likeness (QED) is 0.491. The molecule has 0 aromatic carbocycles. The van der Waals surface area contributed by atoms with E-state index in [0.29, 0.717) is 0 Å². The lowest BCUT2D eigenvalue weighted by Gasteiger charge is -2.20. The Balaban J connectivity index is 4.28. The van der Waals surface area contributed by atoms with Crippen molar-refractivity contribution in [2.45, 2.75) is 33.1 Å². The molecule has 0 fully saturated rings. The first-order valence-electron chi connectivity index (χ1n) is 6.24. The molecule has 0 aromatic rings. The van der Waals surface area contributed by atoms with Crippen molar-refractivity contribution < 1.29 is 23.5 Å². The minimum absolute atomic E-state index is 0.0986. The van der Waals surface area contributed by atoms with Gasteiger partial charge in [-0.2, -0.15) is 0 Å². The van der Waals surface area contributed by atoms with Crippen molar-refractivity contribution in [2.75, 3.05) is 27.0 Å². The molecular formula is C12H25O5P. The summed E-state index contributed by atoms with van der Waals surface area (Å²) in [4.78, 5) is 12.0. The van der Waals surface area contributed by atoms with E-state index in [2.05, 4.69) is 0 Å². The number of hydrogen-bond acceptors (Lipinski definition) is 5. The molecule has 5 nitrogen and oxygen atoms in total. The number of carbonyl (C=O) groups is 1. The highest BCUT2D eigenvalue weighted by atomic mass is 31.2. The van der Waals surface area contributed by atoms with Gasteiger partial charge in [0.2, 0.25) is 0 Å². The molecule has 0 aliphatic heterocycles. The Labute approximate surface area is 109 Å². The third kappa shape index (κ3) is 6.10. The molecule has 0 aliphatic carbocycles. The fraction of sp³-hybridized carbons (Fsp3) is 0.917. The van der Waals surface area contributed by atoms with Crippen LogP contribution in [0.5, 0.6) is 0 Å². The maximum Gasteiger partial charge on any atom is 0.337 e. The molecule has 0 rings (SSSR count). The molecule has 1 N–H and O–H groups in total. The van der Waals surface area contributed by atoms with Crippen LogP contribution in [0.3, 0.4) is 0 Å². The number of Topliss-reactive ketones (excluding diaryl/α,β-unsaturated/α-hetero) is 1. The van der Waals surface area contributed by atoms with E-state index >= 15 is 0 Å². The van der Waals surface area contributed by atoms with Crippen LogP contribution in [0.2, 0.25) is 0 Å². The predicted molar refractivity (Wildman–Crippen MR) is 70.8 cm³/mol. The van der Waals surface area contributed by atoms with Crippen LogP contribution in [0.1, 0.15) is 33.1 Å². The third-order valence-electron chi connectivity index (χ3n) is 3.33. The Bertz CT molecular complexity index is 284. The monoisotopic (exact) mass is 280 g/mol. The van der Waals surface area contributed by atoms with Gasteiger partial charge in [0.1, 0.15) is 11.9 Å². The second-order valence-electron chi connectivity index (χ2n) is 4.59. The van der Waals surface area contributed by atoms with Crippen LogP contribution >= 0.6 is 7.60 Å². The number of aliphatic hydroxyl groups excluding tert-OH is 1. The molecule has 0 radical (unpaired) electrons. The van der Waals surface area contributed by atoms with Crippen molar-refractivity contribution >= 4 is 13.4 Å². The van der Waals surface area contributed by atoms with Crippen molar-refractivity contribution in [2.24, 2.45) is 11.8 Å². The first-order chi connectivity index (χ1) is 8.40.